The zero-order chi connectivity index (χ0) is 29.0. The monoisotopic (exact) mass is 555 g/mol. The van der Waals surface area contributed by atoms with Gasteiger partial charge in [-0.3, -0.25) is 14.6 Å². The van der Waals surface area contributed by atoms with Crippen LogP contribution in [0.1, 0.15) is 41.0 Å². The second-order valence-corrected chi connectivity index (χ2v) is 9.95. The van der Waals surface area contributed by atoms with E-state index >= 15 is 0 Å². The quantitative estimate of drug-likeness (QED) is 0.124. The fourth-order valence-corrected chi connectivity index (χ4v) is 4.77. The van der Waals surface area contributed by atoms with Crippen molar-refractivity contribution in [2.75, 3.05) is 19.6 Å². The summed E-state index contributed by atoms with van der Waals surface area (Å²) in [4.78, 5) is 44.6. The van der Waals surface area contributed by atoms with Crippen LogP contribution in [0, 0.1) is 0 Å². The number of carbonyl (C=O) groups is 3. The summed E-state index contributed by atoms with van der Waals surface area (Å²) in [6.45, 7) is 2.52. The van der Waals surface area contributed by atoms with Gasteiger partial charge < -0.3 is 32.3 Å². The van der Waals surface area contributed by atoms with E-state index in [1.807, 2.05) is 84.9 Å². The standard InChI is InChI=1S/C31H37N7O3/c32-30(33)34-17-7-12-26(37-29(40)27(24-8-3-1-4-9-24)25-10-5-2-6-11-25)28(39)36-20-22-13-15-23(16-14-22)21-38-19-18-35-31(38)41/h1-6,8-11,13-16,26-27H,7,12,17-21H2,(H,35,41)(H,36,39)(H,37,40)(H4,32,33,34)/t26-/m1/s1. The number of urea groups is 1. The largest absolute Gasteiger partial charge is 0.370 e. The number of nitrogens with zero attached hydrogens (tertiary/aromatic N) is 2. The molecule has 0 bridgehead atoms. The van der Waals surface area contributed by atoms with Crippen LogP contribution >= 0.6 is 0 Å². The first-order valence-corrected chi connectivity index (χ1v) is 13.7. The van der Waals surface area contributed by atoms with E-state index in [1.165, 1.54) is 0 Å². The van der Waals surface area contributed by atoms with Crippen LogP contribution in [0.5, 0.6) is 0 Å². The number of guanidine groups is 1. The number of aliphatic imine (C=N–C) groups is 1. The van der Waals surface area contributed by atoms with E-state index in [1.54, 1.807) is 4.90 Å². The number of nitrogens with one attached hydrogen (secondary N) is 3. The molecule has 4 rings (SSSR count). The van der Waals surface area contributed by atoms with Gasteiger partial charge in [0, 0.05) is 32.7 Å². The summed E-state index contributed by atoms with van der Waals surface area (Å²) in [7, 11) is 0. The summed E-state index contributed by atoms with van der Waals surface area (Å²) in [6, 6.07) is 25.9. The predicted octanol–water partition coefficient (Wildman–Crippen LogP) is 2.20. The molecular formula is C31H37N7O3. The molecule has 0 saturated carbocycles. The highest BCUT2D eigenvalue weighted by atomic mass is 16.2. The number of hydrogen-bond donors (Lipinski definition) is 5. The summed E-state index contributed by atoms with van der Waals surface area (Å²) in [5, 5.41) is 8.74. The molecule has 0 aliphatic carbocycles. The summed E-state index contributed by atoms with van der Waals surface area (Å²) in [5.74, 6) is -1.15. The third-order valence-electron chi connectivity index (χ3n) is 6.91. The van der Waals surface area contributed by atoms with Gasteiger partial charge in [-0.15, -0.1) is 0 Å². The lowest BCUT2D eigenvalue weighted by atomic mass is 9.90. The van der Waals surface area contributed by atoms with Crippen molar-refractivity contribution in [1.29, 1.82) is 0 Å². The van der Waals surface area contributed by atoms with E-state index < -0.39 is 12.0 Å². The number of hydrogen-bond acceptors (Lipinski definition) is 4. The highest BCUT2D eigenvalue weighted by molar-refractivity contribution is 5.92. The smallest absolute Gasteiger partial charge is 0.317 e. The lowest BCUT2D eigenvalue weighted by Crippen LogP contribution is -2.48. The Morgan fingerprint density at radius 3 is 2.05 bits per heavy atom. The van der Waals surface area contributed by atoms with Crippen molar-refractivity contribution >= 4 is 23.8 Å². The number of nitrogens with two attached hydrogens (primary N) is 2. The maximum Gasteiger partial charge on any atom is 0.317 e. The molecule has 1 heterocycles. The van der Waals surface area contributed by atoms with Gasteiger partial charge in [0.2, 0.25) is 11.8 Å². The average molecular weight is 556 g/mol. The van der Waals surface area contributed by atoms with Crippen molar-refractivity contribution in [3.8, 4) is 0 Å². The number of amides is 4. The molecule has 10 heteroatoms. The van der Waals surface area contributed by atoms with Gasteiger partial charge in [0.05, 0.1) is 5.92 Å². The molecule has 3 aromatic carbocycles. The molecule has 3 aromatic rings. The zero-order valence-corrected chi connectivity index (χ0v) is 23.0. The van der Waals surface area contributed by atoms with Gasteiger partial charge in [0.1, 0.15) is 6.04 Å². The van der Waals surface area contributed by atoms with Gasteiger partial charge in [-0.05, 0) is 35.1 Å². The molecular weight excluding hydrogens is 518 g/mol. The van der Waals surface area contributed by atoms with Gasteiger partial charge >= 0.3 is 6.03 Å². The molecule has 214 valence electrons. The first-order chi connectivity index (χ1) is 19.9. The van der Waals surface area contributed by atoms with Crippen molar-refractivity contribution in [1.82, 2.24) is 20.9 Å². The van der Waals surface area contributed by atoms with E-state index in [9.17, 15) is 14.4 Å². The second kappa shape index (κ2) is 14.5. The molecule has 7 N–H and O–H groups in total. The van der Waals surface area contributed by atoms with Crippen molar-refractivity contribution < 1.29 is 14.4 Å². The molecule has 0 unspecified atom stereocenters. The minimum Gasteiger partial charge on any atom is -0.370 e. The van der Waals surface area contributed by atoms with Crippen LogP contribution in [0.25, 0.3) is 0 Å². The Labute approximate surface area is 240 Å². The Kier molecular flexibility index (Phi) is 10.3. The highest BCUT2D eigenvalue weighted by Crippen LogP contribution is 2.25. The summed E-state index contributed by atoms with van der Waals surface area (Å²) in [6.07, 6.45) is 0.873. The van der Waals surface area contributed by atoms with Crippen LogP contribution in [-0.4, -0.2) is 54.4 Å². The van der Waals surface area contributed by atoms with E-state index in [0.29, 0.717) is 45.6 Å². The maximum absolute atomic E-state index is 13.7. The number of rotatable bonds is 13. The first-order valence-electron chi connectivity index (χ1n) is 13.7. The van der Waals surface area contributed by atoms with Crippen molar-refractivity contribution in [3.05, 3.63) is 107 Å². The lowest BCUT2D eigenvalue weighted by Gasteiger charge is -2.23. The minimum atomic E-state index is -0.778. The Hall–Kier alpha value is -4.86. The molecule has 0 spiro atoms. The summed E-state index contributed by atoms with van der Waals surface area (Å²) >= 11 is 0. The SMILES string of the molecule is NC(N)=NCCC[C@@H](NC(=O)C(c1ccccc1)c1ccccc1)C(=O)NCc1ccc(CN2CCNC2=O)cc1. The van der Waals surface area contributed by atoms with E-state index in [-0.39, 0.29) is 23.8 Å². The highest BCUT2D eigenvalue weighted by Gasteiger charge is 2.27. The molecule has 1 saturated heterocycles. The Bertz CT molecular complexity index is 1290. The van der Waals surface area contributed by atoms with Crippen molar-refractivity contribution in [3.63, 3.8) is 0 Å². The summed E-state index contributed by atoms with van der Waals surface area (Å²) in [5.41, 5.74) is 14.5. The first kappa shape index (κ1) is 29.1. The van der Waals surface area contributed by atoms with Crippen LogP contribution in [0.3, 0.4) is 0 Å². The summed E-state index contributed by atoms with van der Waals surface area (Å²) < 4.78 is 0. The fraction of sp³-hybridized carbons (Fsp3) is 0.290. The lowest BCUT2D eigenvalue weighted by molar-refractivity contribution is -0.129. The third-order valence-corrected chi connectivity index (χ3v) is 6.91. The van der Waals surface area contributed by atoms with Crippen LogP contribution in [-0.2, 0) is 22.7 Å². The van der Waals surface area contributed by atoms with Gasteiger partial charge in [-0.25, -0.2) is 4.79 Å². The van der Waals surface area contributed by atoms with Gasteiger partial charge in [-0.2, -0.15) is 0 Å². The topological polar surface area (TPSA) is 155 Å². The molecule has 0 aromatic heterocycles. The average Bonchev–Trinajstić information content (AvgIpc) is 3.39. The fourth-order valence-electron chi connectivity index (χ4n) is 4.77. The molecule has 1 fully saturated rings. The van der Waals surface area contributed by atoms with E-state index in [4.69, 9.17) is 11.5 Å². The third kappa shape index (κ3) is 8.56. The van der Waals surface area contributed by atoms with Gasteiger partial charge in [0.25, 0.3) is 0 Å². The minimum absolute atomic E-state index is 0.0166. The molecule has 1 aliphatic rings. The Balaban J connectivity index is 1.43. The maximum atomic E-state index is 13.7. The van der Waals surface area contributed by atoms with Crippen LogP contribution in [0.15, 0.2) is 89.9 Å². The van der Waals surface area contributed by atoms with Crippen molar-refractivity contribution in [2.45, 2.75) is 37.9 Å². The zero-order valence-electron chi connectivity index (χ0n) is 23.0. The normalized spacial score (nSPS) is 13.4. The van der Waals surface area contributed by atoms with E-state index in [2.05, 4.69) is 20.9 Å². The molecule has 1 aliphatic heterocycles. The van der Waals surface area contributed by atoms with Gasteiger partial charge in [0.15, 0.2) is 5.96 Å². The molecule has 0 radical (unpaired) electrons. The van der Waals surface area contributed by atoms with Crippen LogP contribution < -0.4 is 27.4 Å². The van der Waals surface area contributed by atoms with Crippen LogP contribution in [0.2, 0.25) is 0 Å². The second-order valence-electron chi connectivity index (χ2n) is 9.95. The van der Waals surface area contributed by atoms with E-state index in [0.717, 1.165) is 22.3 Å². The van der Waals surface area contributed by atoms with Crippen molar-refractivity contribution in [2.24, 2.45) is 16.5 Å². The number of benzene rings is 3. The molecule has 4 amide bonds. The number of carbonyl (C=O) groups excluding carboxylic acids is 3. The molecule has 1 atom stereocenters. The van der Waals surface area contributed by atoms with Crippen LogP contribution in [0.4, 0.5) is 4.79 Å². The predicted molar refractivity (Wildman–Crippen MR) is 159 cm³/mol. The van der Waals surface area contributed by atoms with Gasteiger partial charge in [-0.1, -0.05) is 84.9 Å². The molecule has 41 heavy (non-hydrogen) atoms. The Morgan fingerprint density at radius 2 is 1.49 bits per heavy atom. The molecule has 10 nitrogen and oxygen atoms in total. The Morgan fingerprint density at radius 1 is 0.878 bits per heavy atom.